The van der Waals surface area contributed by atoms with Gasteiger partial charge in [-0.3, -0.25) is 0 Å². The molecule has 0 aromatic heterocycles. The summed E-state index contributed by atoms with van der Waals surface area (Å²) in [7, 11) is 0. The topological polar surface area (TPSA) is 6.48 Å². The molecule has 0 amide bonds. The van der Waals surface area contributed by atoms with E-state index >= 15 is 0 Å². The summed E-state index contributed by atoms with van der Waals surface area (Å²) in [5.74, 6) is 0. The van der Waals surface area contributed by atoms with Crippen LogP contribution in [0.3, 0.4) is 0 Å². The molecule has 2 aliphatic rings. The number of piperidine rings is 2. The van der Waals surface area contributed by atoms with Crippen molar-refractivity contribution in [2.24, 2.45) is 0 Å². The summed E-state index contributed by atoms with van der Waals surface area (Å²) in [6.45, 7) is 4.39. The minimum Gasteiger partial charge on any atom is -0.362 e. The molecule has 1 aromatic rings. The molecule has 0 saturated carbocycles. The van der Waals surface area contributed by atoms with Gasteiger partial charge < -0.3 is 9.80 Å². The molecule has 0 aliphatic carbocycles. The van der Waals surface area contributed by atoms with E-state index in [1.54, 1.807) is 0 Å². The standard InChI is InChI=1S/C18H24N2S2/c21-17(19-10-3-1-4-11-19)15-8-7-9-16(14-15)18(22)20-12-5-2-6-13-20/h7-9,14H,1-6,10-13H2. The summed E-state index contributed by atoms with van der Waals surface area (Å²) in [5, 5.41) is 0. The fourth-order valence-corrected chi connectivity index (χ4v) is 3.96. The van der Waals surface area contributed by atoms with Crippen LogP contribution in [0.5, 0.6) is 0 Å². The molecule has 118 valence electrons. The Morgan fingerprint density at radius 1 is 0.682 bits per heavy atom. The predicted molar refractivity (Wildman–Crippen MR) is 101 cm³/mol. The van der Waals surface area contributed by atoms with Crippen LogP contribution in [0.2, 0.25) is 0 Å². The first-order valence-corrected chi connectivity index (χ1v) is 9.26. The molecular weight excluding hydrogens is 308 g/mol. The van der Waals surface area contributed by atoms with E-state index in [4.69, 9.17) is 24.4 Å². The van der Waals surface area contributed by atoms with Crippen LogP contribution < -0.4 is 0 Å². The van der Waals surface area contributed by atoms with E-state index in [1.807, 2.05) is 0 Å². The molecule has 2 heterocycles. The number of hydrogen-bond acceptors (Lipinski definition) is 2. The number of rotatable bonds is 2. The van der Waals surface area contributed by atoms with Gasteiger partial charge in [-0.25, -0.2) is 0 Å². The Morgan fingerprint density at radius 2 is 1.09 bits per heavy atom. The lowest BCUT2D eigenvalue weighted by atomic mass is 10.1. The Bertz CT molecular complexity index is 499. The third-order valence-electron chi connectivity index (χ3n) is 4.64. The third-order valence-corrected chi connectivity index (χ3v) is 5.63. The van der Waals surface area contributed by atoms with Gasteiger partial charge in [-0.2, -0.15) is 0 Å². The van der Waals surface area contributed by atoms with Crippen LogP contribution in [0.1, 0.15) is 49.7 Å². The zero-order valence-electron chi connectivity index (χ0n) is 13.1. The molecule has 0 spiro atoms. The van der Waals surface area contributed by atoms with Crippen molar-refractivity contribution in [1.82, 2.24) is 9.80 Å². The summed E-state index contributed by atoms with van der Waals surface area (Å²) < 4.78 is 0. The predicted octanol–water partition coefficient (Wildman–Crippen LogP) is 4.01. The lowest BCUT2D eigenvalue weighted by molar-refractivity contribution is 0.347. The van der Waals surface area contributed by atoms with E-state index in [0.717, 1.165) is 47.3 Å². The highest BCUT2D eigenvalue weighted by molar-refractivity contribution is 7.81. The van der Waals surface area contributed by atoms with Crippen LogP contribution in [-0.4, -0.2) is 46.0 Å². The maximum atomic E-state index is 5.71. The molecular formula is C18H24N2S2. The van der Waals surface area contributed by atoms with Crippen LogP contribution in [0, 0.1) is 0 Å². The number of nitrogens with zero attached hydrogens (tertiary/aromatic N) is 2. The number of benzene rings is 1. The van der Waals surface area contributed by atoms with E-state index in [0.29, 0.717) is 0 Å². The van der Waals surface area contributed by atoms with Crippen molar-refractivity contribution >= 4 is 34.4 Å². The number of thiocarbonyl (C=S) groups is 2. The average Bonchev–Trinajstić information content (AvgIpc) is 2.62. The molecule has 0 radical (unpaired) electrons. The van der Waals surface area contributed by atoms with Gasteiger partial charge >= 0.3 is 0 Å². The van der Waals surface area contributed by atoms with Crippen molar-refractivity contribution in [3.05, 3.63) is 35.4 Å². The molecule has 3 rings (SSSR count). The summed E-state index contributed by atoms with van der Waals surface area (Å²) in [6, 6.07) is 8.53. The minimum absolute atomic E-state index is 0.989. The van der Waals surface area contributed by atoms with E-state index < -0.39 is 0 Å². The lowest BCUT2D eigenvalue weighted by Crippen LogP contribution is -2.36. The van der Waals surface area contributed by atoms with Crippen LogP contribution in [0.4, 0.5) is 0 Å². The van der Waals surface area contributed by atoms with Crippen molar-refractivity contribution in [1.29, 1.82) is 0 Å². The van der Waals surface area contributed by atoms with Crippen molar-refractivity contribution in [3.8, 4) is 0 Å². The number of likely N-dealkylation sites (tertiary alicyclic amines) is 2. The van der Waals surface area contributed by atoms with Crippen LogP contribution >= 0.6 is 24.4 Å². The van der Waals surface area contributed by atoms with Gasteiger partial charge in [0.05, 0.1) is 0 Å². The van der Waals surface area contributed by atoms with Gasteiger partial charge in [0.15, 0.2) is 0 Å². The molecule has 0 N–H and O–H groups in total. The van der Waals surface area contributed by atoms with Crippen molar-refractivity contribution in [3.63, 3.8) is 0 Å². The second kappa shape index (κ2) is 7.51. The quantitative estimate of drug-likeness (QED) is 0.755. The Balaban J connectivity index is 1.73. The minimum atomic E-state index is 0.989. The Kier molecular flexibility index (Phi) is 5.42. The largest absolute Gasteiger partial charge is 0.362 e. The second-order valence-corrected chi connectivity index (χ2v) is 7.06. The van der Waals surface area contributed by atoms with Gasteiger partial charge in [-0.1, -0.05) is 42.6 Å². The Hall–Kier alpha value is -1.00. The normalized spacial score (nSPS) is 19.1. The second-order valence-electron chi connectivity index (χ2n) is 6.29. The first kappa shape index (κ1) is 15.9. The maximum absolute atomic E-state index is 5.71. The Morgan fingerprint density at radius 3 is 1.50 bits per heavy atom. The third kappa shape index (κ3) is 3.66. The van der Waals surface area contributed by atoms with Crippen LogP contribution in [0.15, 0.2) is 24.3 Å². The SMILES string of the molecule is S=C(c1cccc(C(=S)N2CCCCC2)c1)N1CCCCC1. The van der Waals surface area contributed by atoms with Crippen LogP contribution in [-0.2, 0) is 0 Å². The van der Waals surface area contributed by atoms with Gasteiger partial charge in [0.2, 0.25) is 0 Å². The van der Waals surface area contributed by atoms with Gasteiger partial charge in [0, 0.05) is 37.3 Å². The molecule has 0 bridgehead atoms. The Labute approximate surface area is 144 Å². The molecule has 2 saturated heterocycles. The smallest absolute Gasteiger partial charge is 0.109 e. The summed E-state index contributed by atoms with van der Waals surface area (Å²) in [6.07, 6.45) is 7.69. The van der Waals surface area contributed by atoms with Gasteiger partial charge in [0.1, 0.15) is 9.98 Å². The first-order chi connectivity index (χ1) is 10.8. The van der Waals surface area contributed by atoms with Gasteiger partial charge in [-0.15, -0.1) is 0 Å². The van der Waals surface area contributed by atoms with Crippen molar-refractivity contribution in [2.75, 3.05) is 26.2 Å². The van der Waals surface area contributed by atoms with Gasteiger partial charge in [0.25, 0.3) is 0 Å². The van der Waals surface area contributed by atoms with E-state index in [1.165, 1.54) is 38.5 Å². The average molecular weight is 333 g/mol. The summed E-state index contributed by atoms with van der Waals surface area (Å²) in [4.78, 5) is 6.68. The number of hydrogen-bond donors (Lipinski definition) is 0. The fraction of sp³-hybridized carbons (Fsp3) is 0.556. The highest BCUT2D eigenvalue weighted by Gasteiger charge is 2.18. The molecule has 2 aliphatic heterocycles. The van der Waals surface area contributed by atoms with E-state index in [2.05, 4.69) is 34.1 Å². The highest BCUT2D eigenvalue weighted by Crippen LogP contribution is 2.18. The lowest BCUT2D eigenvalue weighted by Gasteiger charge is -2.30. The fourth-order valence-electron chi connectivity index (χ4n) is 3.34. The first-order valence-electron chi connectivity index (χ1n) is 8.44. The molecule has 1 aromatic carbocycles. The summed E-state index contributed by atoms with van der Waals surface area (Å²) >= 11 is 11.4. The molecule has 0 unspecified atom stereocenters. The molecule has 0 atom stereocenters. The van der Waals surface area contributed by atoms with Crippen LogP contribution in [0.25, 0.3) is 0 Å². The molecule has 2 nitrogen and oxygen atoms in total. The van der Waals surface area contributed by atoms with Crippen molar-refractivity contribution < 1.29 is 0 Å². The van der Waals surface area contributed by atoms with Crippen molar-refractivity contribution in [2.45, 2.75) is 38.5 Å². The van der Waals surface area contributed by atoms with E-state index in [-0.39, 0.29) is 0 Å². The summed E-state index contributed by atoms with van der Waals surface area (Å²) in [5.41, 5.74) is 2.29. The van der Waals surface area contributed by atoms with Gasteiger partial charge in [-0.05, 0) is 44.6 Å². The van der Waals surface area contributed by atoms with E-state index in [9.17, 15) is 0 Å². The zero-order valence-corrected chi connectivity index (χ0v) is 14.7. The molecule has 4 heteroatoms. The maximum Gasteiger partial charge on any atom is 0.109 e. The monoisotopic (exact) mass is 332 g/mol. The molecule has 22 heavy (non-hydrogen) atoms. The zero-order chi connectivity index (χ0) is 15.4. The highest BCUT2D eigenvalue weighted by atomic mass is 32.1. The molecule has 2 fully saturated rings.